The molecule has 0 spiro atoms. The Morgan fingerprint density at radius 3 is 2.88 bits per heavy atom. The zero-order valence-electron chi connectivity index (χ0n) is 9.00. The first-order valence-electron chi connectivity index (χ1n) is 5.52. The molecule has 1 aromatic carbocycles. The Kier molecular flexibility index (Phi) is 3.96. The van der Waals surface area contributed by atoms with Crippen molar-refractivity contribution in [1.82, 2.24) is 10.6 Å². The Labute approximate surface area is 104 Å². The van der Waals surface area contributed by atoms with Gasteiger partial charge in [-0.3, -0.25) is 4.79 Å². The molecule has 1 fully saturated rings. The van der Waals surface area contributed by atoms with E-state index in [1.54, 1.807) is 0 Å². The molecule has 0 aliphatic carbocycles. The van der Waals surface area contributed by atoms with E-state index >= 15 is 0 Å². The van der Waals surface area contributed by atoms with Gasteiger partial charge in [0.05, 0.1) is 6.04 Å². The lowest BCUT2D eigenvalue weighted by Gasteiger charge is -2.23. The summed E-state index contributed by atoms with van der Waals surface area (Å²) in [5, 5.41) is 6.10. The minimum Gasteiger partial charge on any atom is -0.353 e. The average Bonchev–Trinajstić information content (AvgIpc) is 2.30. The van der Waals surface area contributed by atoms with E-state index in [-0.39, 0.29) is 11.9 Å². The highest BCUT2D eigenvalue weighted by Gasteiger charge is 2.20. The van der Waals surface area contributed by atoms with Gasteiger partial charge in [-0.25, -0.2) is 0 Å². The van der Waals surface area contributed by atoms with E-state index in [9.17, 15) is 4.79 Å². The first-order chi connectivity index (χ1) is 7.77. The van der Waals surface area contributed by atoms with Crippen molar-refractivity contribution in [2.45, 2.75) is 18.9 Å². The van der Waals surface area contributed by atoms with Crippen LogP contribution in [0, 0.1) is 0 Å². The van der Waals surface area contributed by atoms with Crippen molar-refractivity contribution >= 4 is 21.8 Å². The summed E-state index contributed by atoms with van der Waals surface area (Å²) in [4.78, 5) is 11.5. The van der Waals surface area contributed by atoms with Gasteiger partial charge in [0.25, 0.3) is 0 Å². The van der Waals surface area contributed by atoms with Crippen molar-refractivity contribution < 1.29 is 4.79 Å². The smallest absolute Gasteiger partial charge is 0.237 e. The topological polar surface area (TPSA) is 41.1 Å². The second kappa shape index (κ2) is 5.46. The van der Waals surface area contributed by atoms with Crippen LogP contribution in [0.5, 0.6) is 0 Å². The van der Waals surface area contributed by atoms with Gasteiger partial charge in [-0.05, 0) is 24.5 Å². The molecule has 16 heavy (non-hydrogen) atoms. The van der Waals surface area contributed by atoms with Crippen molar-refractivity contribution in [2.75, 3.05) is 13.1 Å². The highest BCUT2D eigenvalue weighted by atomic mass is 79.9. The average molecular weight is 283 g/mol. The third-order valence-corrected chi connectivity index (χ3v) is 3.57. The van der Waals surface area contributed by atoms with Crippen molar-refractivity contribution in [3.63, 3.8) is 0 Å². The molecule has 1 aromatic rings. The molecule has 1 aliphatic heterocycles. The van der Waals surface area contributed by atoms with E-state index in [0.717, 1.165) is 30.4 Å². The lowest BCUT2D eigenvalue weighted by atomic mass is 10.0. The molecule has 0 aromatic heterocycles. The Hall–Kier alpha value is -0.870. The molecule has 2 rings (SSSR count). The fourth-order valence-corrected chi connectivity index (χ4v) is 2.37. The molecule has 3 nitrogen and oxygen atoms in total. The number of hydrogen-bond acceptors (Lipinski definition) is 2. The molecule has 2 N–H and O–H groups in total. The number of benzene rings is 1. The van der Waals surface area contributed by atoms with Gasteiger partial charge in [0.15, 0.2) is 0 Å². The fraction of sp³-hybridized carbons (Fsp3) is 0.417. The summed E-state index contributed by atoms with van der Waals surface area (Å²) in [5.41, 5.74) is 1.25. The molecule has 4 heteroatoms. The zero-order valence-corrected chi connectivity index (χ0v) is 10.6. The summed E-state index contributed by atoms with van der Waals surface area (Å²) in [6.45, 7) is 1.61. The van der Waals surface area contributed by atoms with Crippen LogP contribution in [0.3, 0.4) is 0 Å². The predicted molar refractivity (Wildman–Crippen MR) is 67.3 cm³/mol. The Balaban J connectivity index is 1.92. The molecule has 0 radical (unpaired) electrons. The van der Waals surface area contributed by atoms with Crippen LogP contribution in [-0.4, -0.2) is 25.0 Å². The molecule has 1 unspecified atom stereocenters. The van der Waals surface area contributed by atoms with Gasteiger partial charge in [0, 0.05) is 17.6 Å². The molecule has 1 amide bonds. The van der Waals surface area contributed by atoms with Crippen molar-refractivity contribution in [3.05, 3.63) is 34.3 Å². The molecule has 0 bridgehead atoms. The SMILES string of the molecule is O=C1NCCNC1CCc1ccccc1Br. The summed E-state index contributed by atoms with van der Waals surface area (Å²) in [5.74, 6) is 0.123. The van der Waals surface area contributed by atoms with E-state index in [1.807, 2.05) is 18.2 Å². The molecule has 0 saturated carbocycles. The highest BCUT2D eigenvalue weighted by molar-refractivity contribution is 9.10. The Morgan fingerprint density at radius 2 is 2.12 bits per heavy atom. The summed E-state index contributed by atoms with van der Waals surface area (Å²) in [7, 11) is 0. The van der Waals surface area contributed by atoms with Gasteiger partial charge in [-0.15, -0.1) is 0 Å². The maximum Gasteiger partial charge on any atom is 0.237 e. The minimum absolute atomic E-state index is 0.0409. The zero-order chi connectivity index (χ0) is 11.4. The van der Waals surface area contributed by atoms with E-state index in [2.05, 4.69) is 32.6 Å². The summed E-state index contributed by atoms with van der Waals surface area (Å²) < 4.78 is 1.12. The molecule has 86 valence electrons. The maximum absolute atomic E-state index is 11.5. The number of halogens is 1. The molecular weight excluding hydrogens is 268 g/mol. The normalized spacial score (nSPS) is 20.6. The number of amides is 1. The standard InChI is InChI=1S/C12H15BrN2O/c13-10-4-2-1-3-9(10)5-6-11-12(16)15-8-7-14-11/h1-4,11,14H,5-8H2,(H,15,16). The molecule has 1 aliphatic rings. The number of carbonyl (C=O) groups excluding carboxylic acids is 1. The van der Waals surface area contributed by atoms with Crippen LogP contribution in [0.1, 0.15) is 12.0 Å². The van der Waals surface area contributed by atoms with E-state index in [4.69, 9.17) is 0 Å². The molecule has 1 saturated heterocycles. The van der Waals surface area contributed by atoms with Crippen LogP contribution in [0.4, 0.5) is 0 Å². The van der Waals surface area contributed by atoms with Gasteiger partial charge >= 0.3 is 0 Å². The number of aryl methyl sites for hydroxylation is 1. The van der Waals surface area contributed by atoms with E-state index in [1.165, 1.54) is 5.56 Å². The lowest BCUT2D eigenvalue weighted by molar-refractivity contribution is -0.124. The molecule has 1 heterocycles. The van der Waals surface area contributed by atoms with E-state index < -0.39 is 0 Å². The van der Waals surface area contributed by atoms with Gasteiger partial charge in [0.1, 0.15) is 0 Å². The third kappa shape index (κ3) is 2.83. The molecule has 1 atom stereocenters. The first kappa shape index (κ1) is 11.6. The second-order valence-electron chi connectivity index (χ2n) is 3.93. The van der Waals surface area contributed by atoms with Crippen LogP contribution in [0.25, 0.3) is 0 Å². The van der Waals surface area contributed by atoms with Crippen LogP contribution < -0.4 is 10.6 Å². The van der Waals surface area contributed by atoms with Crippen molar-refractivity contribution in [1.29, 1.82) is 0 Å². The largest absolute Gasteiger partial charge is 0.353 e. The highest BCUT2D eigenvalue weighted by Crippen LogP contribution is 2.18. The van der Waals surface area contributed by atoms with Gasteiger partial charge < -0.3 is 10.6 Å². The van der Waals surface area contributed by atoms with Crippen LogP contribution >= 0.6 is 15.9 Å². The van der Waals surface area contributed by atoms with Crippen molar-refractivity contribution in [2.24, 2.45) is 0 Å². The number of rotatable bonds is 3. The van der Waals surface area contributed by atoms with Gasteiger partial charge in [-0.2, -0.15) is 0 Å². The summed E-state index contributed by atoms with van der Waals surface area (Å²) >= 11 is 3.52. The monoisotopic (exact) mass is 282 g/mol. The summed E-state index contributed by atoms with van der Waals surface area (Å²) in [6, 6.07) is 8.10. The second-order valence-corrected chi connectivity index (χ2v) is 4.78. The van der Waals surface area contributed by atoms with E-state index in [0.29, 0.717) is 0 Å². The third-order valence-electron chi connectivity index (χ3n) is 2.79. The Bertz CT molecular complexity index is 381. The van der Waals surface area contributed by atoms with Crippen LogP contribution in [-0.2, 0) is 11.2 Å². The van der Waals surface area contributed by atoms with Crippen LogP contribution in [0.2, 0.25) is 0 Å². The maximum atomic E-state index is 11.5. The number of hydrogen-bond donors (Lipinski definition) is 2. The Morgan fingerprint density at radius 1 is 1.31 bits per heavy atom. The minimum atomic E-state index is -0.0409. The number of carbonyl (C=O) groups is 1. The van der Waals surface area contributed by atoms with Gasteiger partial charge in [-0.1, -0.05) is 34.1 Å². The molecular formula is C12H15BrN2O. The predicted octanol–water partition coefficient (Wildman–Crippen LogP) is 1.47. The number of piperazine rings is 1. The fourth-order valence-electron chi connectivity index (χ4n) is 1.88. The first-order valence-corrected chi connectivity index (χ1v) is 6.31. The van der Waals surface area contributed by atoms with Gasteiger partial charge in [0.2, 0.25) is 5.91 Å². The van der Waals surface area contributed by atoms with Crippen molar-refractivity contribution in [3.8, 4) is 0 Å². The lowest BCUT2D eigenvalue weighted by Crippen LogP contribution is -2.52. The quantitative estimate of drug-likeness (QED) is 0.882. The van der Waals surface area contributed by atoms with Crippen LogP contribution in [0.15, 0.2) is 28.7 Å². The summed E-state index contributed by atoms with van der Waals surface area (Å²) in [6.07, 6.45) is 1.75. The number of nitrogens with one attached hydrogen (secondary N) is 2.